The van der Waals surface area contributed by atoms with Gasteiger partial charge in [-0.1, -0.05) is 19.7 Å². The molecular weight excluding hydrogens is 390 g/mol. The fourth-order valence-corrected chi connectivity index (χ4v) is 1.17. The number of aliphatic hydroxyl groups excluding tert-OH is 1. The Hall–Kier alpha value is -2.45. The number of aliphatic hydroxyl groups is 1. The van der Waals surface area contributed by atoms with E-state index in [1.807, 2.05) is 20.8 Å². The van der Waals surface area contributed by atoms with Crippen molar-refractivity contribution in [2.24, 2.45) is 0 Å². The molecule has 174 valence electrons. The minimum atomic E-state index is -0.608. The molecule has 1 atom stereocenters. The molecule has 0 aliphatic rings. The molecular formula is C22H39NO7. The lowest BCUT2D eigenvalue weighted by atomic mass is 10.1. The molecule has 0 bridgehead atoms. The van der Waals surface area contributed by atoms with E-state index in [1.54, 1.807) is 27.7 Å². The highest BCUT2D eigenvalue weighted by Gasteiger charge is 2.12. The Balaban J connectivity index is -0.000000383. The Kier molecular flexibility index (Phi) is 18.7. The van der Waals surface area contributed by atoms with Crippen LogP contribution < -0.4 is 5.32 Å². The second kappa shape index (κ2) is 17.4. The summed E-state index contributed by atoms with van der Waals surface area (Å²) in [6.45, 7) is 23.9. The minimum Gasteiger partial charge on any atom is -0.466 e. The van der Waals surface area contributed by atoms with Gasteiger partial charge in [-0.25, -0.2) is 14.4 Å². The molecule has 0 rings (SSSR count). The molecule has 0 aromatic heterocycles. The summed E-state index contributed by atoms with van der Waals surface area (Å²) in [6.07, 6.45) is -0.608. The van der Waals surface area contributed by atoms with Crippen molar-refractivity contribution < 1.29 is 33.7 Å². The average molecular weight is 430 g/mol. The second-order valence-electron chi connectivity index (χ2n) is 7.43. The highest BCUT2D eigenvalue weighted by molar-refractivity contribution is 5.88. The first-order valence-corrected chi connectivity index (χ1v) is 9.43. The standard InChI is InChI=1S/C10H19NO2.C7H12O3.C5H8O2/c1-6-13-9(12)8(2)7-11-10(3,4)5;1-5(2)7(9)10-4-6(3)8;1-4(2)5(6)7-3/h11H,2,6-7H2,1,3-5H3;6,8H,1,4H2,2-3H3;1H2,2-3H3. The quantitative estimate of drug-likeness (QED) is 0.344. The molecule has 0 amide bonds. The molecule has 8 nitrogen and oxygen atoms in total. The smallest absolute Gasteiger partial charge is 0.334 e. The van der Waals surface area contributed by atoms with Crippen LogP contribution >= 0.6 is 0 Å². The number of esters is 3. The second-order valence-corrected chi connectivity index (χ2v) is 7.43. The van der Waals surface area contributed by atoms with Gasteiger partial charge < -0.3 is 24.6 Å². The molecule has 30 heavy (non-hydrogen) atoms. The number of carbonyl (C=O) groups excluding carboxylic acids is 3. The van der Waals surface area contributed by atoms with E-state index >= 15 is 0 Å². The van der Waals surface area contributed by atoms with Gasteiger partial charge >= 0.3 is 17.9 Å². The largest absolute Gasteiger partial charge is 0.466 e. The van der Waals surface area contributed by atoms with Gasteiger partial charge in [0.25, 0.3) is 0 Å². The summed E-state index contributed by atoms with van der Waals surface area (Å²) in [5, 5.41) is 11.8. The predicted octanol–water partition coefficient (Wildman–Crippen LogP) is 2.72. The van der Waals surface area contributed by atoms with Crippen LogP contribution in [0.2, 0.25) is 0 Å². The van der Waals surface area contributed by atoms with Gasteiger partial charge in [-0.05, 0) is 48.5 Å². The highest BCUT2D eigenvalue weighted by atomic mass is 16.5. The van der Waals surface area contributed by atoms with E-state index in [1.165, 1.54) is 7.11 Å². The van der Waals surface area contributed by atoms with E-state index in [4.69, 9.17) is 9.84 Å². The molecule has 0 radical (unpaired) electrons. The van der Waals surface area contributed by atoms with Crippen LogP contribution in [0.4, 0.5) is 0 Å². The molecule has 8 heteroatoms. The van der Waals surface area contributed by atoms with Crippen LogP contribution in [0.1, 0.15) is 48.5 Å². The van der Waals surface area contributed by atoms with Gasteiger partial charge in [-0.2, -0.15) is 0 Å². The van der Waals surface area contributed by atoms with Crippen LogP contribution in [-0.4, -0.2) is 61.5 Å². The number of nitrogens with one attached hydrogen (secondary N) is 1. The van der Waals surface area contributed by atoms with Gasteiger partial charge in [-0.3, -0.25) is 0 Å². The lowest BCUT2D eigenvalue weighted by molar-refractivity contribution is -0.141. The fraction of sp³-hybridized carbons (Fsp3) is 0.591. The third-order valence-electron chi connectivity index (χ3n) is 2.73. The van der Waals surface area contributed by atoms with E-state index in [9.17, 15) is 14.4 Å². The van der Waals surface area contributed by atoms with Crippen molar-refractivity contribution >= 4 is 17.9 Å². The Morgan fingerprint density at radius 3 is 1.70 bits per heavy atom. The lowest BCUT2D eigenvalue weighted by Crippen LogP contribution is -2.38. The van der Waals surface area contributed by atoms with Crippen molar-refractivity contribution in [2.75, 3.05) is 26.9 Å². The van der Waals surface area contributed by atoms with Crippen LogP contribution in [0, 0.1) is 0 Å². The molecule has 0 spiro atoms. The fourth-order valence-electron chi connectivity index (χ4n) is 1.17. The van der Waals surface area contributed by atoms with Gasteiger partial charge in [0.2, 0.25) is 0 Å². The molecule has 2 N–H and O–H groups in total. The highest BCUT2D eigenvalue weighted by Crippen LogP contribution is 2.01. The number of methoxy groups -OCH3 is 1. The average Bonchev–Trinajstić information content (AvgIpc) is 2.63. The summed E-state index contributed by atoms with van der Waals surface area (Å²) in [7, 11) is 1.33. The molecule has 0 heterocycles. The molecule has 0 aliphatic carbocycles. The summed E-state index contributed by atoms with van der Waals surface area (Å²) < 4.78 is 13.6. The first-order valence-electron chi connectivity index (χ1n) is 9.43. The van der Waals surface area contributed by atoms with Crippen molar-refractivity contribution in [1.29, 1.82) is 0 Å². The zero-order chi connectivity index (χ0) is 24.5. The van der Waals surface area contributed by atoms with Gasteiger partial charge in [-0.15, -0.1) is 0 Å². The van der Waals surface area contributed by atoms with Crippen molar-refractivity contribution in [3.05, 3.63) is 36.5 Å². The normalized spacial score (nSPS) is 10.7. The number of rotatable bonds is 8. The molecule has 0 fully saturated rings. The van der Waals surface area contributed by atoms with Crippen LogP contribution in [0.5, 0.6) is 0 Å². The zero-order valence-corrected chi connectivity index (χ0v) is 19.7. The zero-order valence-electron chi connectivity index (χ0n) is 19.7. The van der Waals surface area contributed by atoms with E-state index < -0.39 is 12.1 Å². The van der Waals surface area contributed by atoms with Crippen LogP contribution in [0.25, 0.3) is 0 Å². The van der Waals surface area contributed by atoms with E-state index in [0.29, 0.717) is 29.9 Å². The lowest BCUT2D eigenvalue weighted by Gasteiger charge is -2.20. The first kappa shape index (κ1) is 32.2. The Morgan fingerprint density at radius 1 is 0.967 bits per heavy atom. The monoisotopic (exact) mass is 429 g/mol. The number of hydrogen-bond donors (Lipinski definition) is 2. The van der Waals surface area contributed by atoms with E-state index in [0.717, 1.165) is 0 Å². The summed E-state index contributed by atoms with van der Waals surface area (Å²) in [4.78, 5) is 31.9. The third-order valence-corrected chi connectivity index (χ3v) is 2.73. The molecule has 0 saturated carbocycles. The Bertz CT molecular complexity index is 587. The first-order chi connectivity index (χ1) is 13.6. The Labute approximate surface area is 181 Å². The molecule has 0 aliphatic heterocycles. The van der Waals surface area contributed by atoms with Gasteiger partial charge in [0.05, 0.1) is 19.8 Å². The summed E-state index contributed by atoms with van der Waals surface area (Å²) in [5.41, 5.74) is 1.25. The maximum atomic E-state index is 11.1. The van der Waals surface area contributed by atoms with Crippen LogP contribution in [0.15, 0.2) is 36.5 Å². The molecule has 0 saturated heterocycles. The van der Waals surface area contributed by atoms with Crippen molar-refractivity contribution in [3.8, 4) is 0 Å². The van der Waals surface area contributed by atoms with Crippen molar-refractivity contribution in [3.63, 3.8) is 0 Å². The number of carbonyl (C=O) groups is 3. The van der Waals surface area contributed by atoms with Crippen LogP contribution in [0.3, 0.4) is 0 Å². The van der Waals surface area contributed by atoms with Gasteiger partial charge in [0, 0.05) is 28.8 Å². The molecule has 0 aromatic carbocycles. The third kappa shape index (κ3) is 23.6. The number of hydrogen-bond acceptors (Lipinski definition) is 8. The maximum Gasteiger partial charge on any atom is 0.334 e. The topological polar surface area (TPSA) is 111 Å². The summed E-state index contributed by atoms with van der Waals surface area (Å²) in [5.74, 6) is -1.12. The van der Waals surface area contributed by atoms with E-state index in [-0.39, 0.29) is 24.1 Å². The van der Waals surface area contributed by atoms with Crippen molar-refractivity contribution in [1.82, 2.24) is 5.32 Å². The molecule has 1 unspecified atom stereocenters. The molecule has 0 aromatic rings. The maximum absolute atomic E-state index is 11.1. The SMILES string of the molecule is C=C(C)C(=O)OC.C=C(C)C(=O)OCC(C)O.C=C(CNC(C)(C)C)C(=O)OCC. The van der Waals surface area contributed by atoms with Gasteiger partial charge in [0.15, 0.2) is 0 Å². The van der Waals surface area contributed by atoms with Gasteiger partial charge in [0.1, 0.15) is 6.61 Å². The minimum absolute atomic E-state index is 0.00453. The Morgan fingerprint density at radius 2 is 1.43 bits per heavy atom. The summed E-state index contributed by atoms with van der Waals surface area (Å²) >= 11 is 0. The van der Waals surface area contributed by atoms with Crippen molar-refractivity contribution in [2.45, 2.75) is 60.1 Å². The predicted molar refractivity (Wildman–Crippen MR) is 118 cm³/mol. The summed E-state index contributed by atoms with van der Waals surface area (Å²) in [6, 6.07) is 0. The van der Waals surface area contributed by atoms with E-state index in [2.05, 4.69) is 34.5 Å². The van der Waals surface area contributed by atoms with Crippen LogP contribution in [-0.2, 0) is 28.6 Å². The number of ether oxygens (including phenoxy) is 3.